The number of rotatable bonds is 6. The van der Waals surface area contributed by atoms with Gasteiger partial charge < -0.3 is 9.84 Å². The minimum Gasteiger partial charge on any atom is -0.484 e. The molecule has 0 atom stereocenters. The first kappa shape index (κ1) is 14.5. The van der Waals surface area contributed by atoms with Crippen LogP contribution in [-0.2, 0) is 4.79 Å². The van der Waals surface area contributed by atoms with Crippen molar-refractivity contribution >= 4 is 22.7 Å². The van der Waals surface area contributed by atoms with Gasteiger partial charge in [-0.15, -0.1) is 0 Å². The number of nitrogens with zero attached hydrogens (tertiary/aromatic N) is 1. The lowest BCUT2D eigenvalue weighted by molar-refractivity contribution is -0.122. The van der Waals surface area contributed by atoms with Crippen LogP contribution in [0.2, 0.25) is 0 Å². The molecule has 1 N–H and O–H groups in total. The second-order valence-electron chi connectivity index (χ2n) is 6.17. The zero-order valence-electron chi connectivity index (χ0n) is 12.3. The van der Waals surface area contributed by atoms with Crippen LogP contribution in [0.4, 0.5) is 0 Å². The quantitative estimate of drug-likeness (QED) is 0.887. The van der Waals surface area contributed by atoms with E-state index in [9.17, 15) is 9.59 Å². The predicted octanol–water partition coefficient (Wildman–Crippen LogP) is 3.07. The highest BCUT2D eigenvalue weighted by Gasteiger charge is 2.38. The molecule has 1 fully saturated rings. The van der Waals surface area contributed by atoms with Gasteiger partial charge in [-0.05, 0) is 36.5 Å². The molecule has 5 nitrogen and oxygen atoms in total. The lowest BCUT2D eigenvalue weighted by Gasteiger charge is -2.11. The Bertz CT molecular complexity index is 749. The van der Waals surface area contributed by atoms with Crippen LogP contribution in [-0.4, -0.2) is 28.4 Å². The van der Waals surface area contributed by atoms with Gasteiger partial charge in [-0.2, -0.15) is 0 Å². The maximum absolute atomic E-state index is 12.0. The molecule has 0 spiro atoms. The first-order valence-electron chi connectivity index (χ1n) is 7.23. The summed E-state index contributed by atoms with van der Waals surface area (Å²) in [6.45, 7) is 2.04. The lowest BCUT2D eigenvalue weighted by Crippen LogP contribution is -2.15. The molecule has 1 saturated carbocycles. The molecular weight excluding hydrogens is 282 g/mol. The van der Waals surface area contributed by atoms with E-state index in [0.717, 1.165) is 12.8 Å². The Kier molecular flexibility index (Phi) is 3.56. The highest BCUT2D eigenvalue weighted by Crippen LogP contribution is 2.48. The number of benzene rings is 1. The molecule has 1 aliphatic rings. The number of carboxylic acids is 1. The van der Waals surface area contributed by atoms with Crippen LogP contribution in [0.25, 0.3) is 10.9 Å². The van der Waals surface area contributed by atoms with Crippen molar-refractivity contribution in [1.29, 1.82) is 0 Å². The number of fused-ring (bicyclic) bond motifs is 1. The molecule has 1 aromatic carbocycles. The number of carbonyl (C=O) groups is 2. The van der Waals surface area contributed by atoms with Crippen molar-refractivity contribution < 1.29 is 19.4 Å². The van der Waals surface area contributed by atoms with Gasteiger partial charge in [-0.3, -0.25) is 9.78 Å². The third kappa shape index (κ3) is 3.08. The first-order chi connectivity index (χ1) is 10.5. The summed E-state index contributed by atoms with van der Waals surface area (Å²) in [7, 11) is 0. The Balaban J connectivity index is 1.82. The van der Waals surface area contributed by atoms with E-state index < -0.39 is 5.97 Å². The van der Waals surface area contributed by atoms with Crippen LogP contribution in [0.3, 0.4) is 0 Å². The number of carboxylic acid groups (broad SMARTS) is 1. The number of aromatic carboxylic acids is 1. The van der Waals surface area contributed by atoms with Gasteiger partial charge in [-0.1, -0.05) is 13.0 Å². The van der Waals surface area contributed by atoms with Gasteiger partial charge in [0.1, 0.15) is 17.9 Å². The fourth-order valence-electron chi connectivity index (χ4n) is 2.47. The van der Waals surface area contributed by atoms with E-state index in [2.05, 4.69) is 11.9 Å². The molecule has 0 radical (unpaired) electrons. The SMILES string of the molecule is CC1(CC(=O)COc2cc(C(=O)O)cc3cccnc23)CC1. The maximum Gasteiger partial charge on any atom is 0.335 e. The van der Waals surface area contributed by atoms with E-state index in [1.807, 2.05) is 0 Å². The molecule has 0 saturated heterocycles. The van der Waals surface area contributed by atoms with Crippen molar-refractivity contribution in [3.63, 3.8) is 0 Å². The molecule has 0 unspecified atom stereocenters. The number of Topliss-reactive ketones (excluding diaryl/α,β-unsaturated/α-hetero) is 1. The van der Waals surface area contributed by atoms with E-state index >= 15 is 0 Å². The summed E-state index contributed by atoms with van der Waals surface area (Å²) >= 11 is 0. The van der Waals surface area contributed by atoms with Crippen LogP contribution in [0, 0.1) is 5.41 Å². The van der Waals surface area contributed by atoms with Gasteiger partial charge in [0.25, 0.3) is 0 Å². The van der Waals surface area contributed by atoms with Gasteiger partial charge in [0.05, 0.1) is 5.56 Å². The summed E-state index contributed by atoms with van der Waals surface area (Å²) < 4.78 is 5.57. The van der Waals surface area contributed by atoms with Crippen molar-refractivity contribution in [2.24, 2.45) is 5.41 Å². The average molecular weight is 299 g/mol. The summed E-state index contributed by atoms with van der Waals surface area (Å²) in [5.74, 6) is -0.665. The molecule has 2 aromatic rings. The van der Waals surface area contributed by atoms with Crippen LogP contribution in [0.1, 0.15) is 36.5 Å². The van der Waals surface area contributed by atoms with Crippen LogP contribution < -0.4 is 4.74 Å². The normalized spacial score (nSPS) is 15.5. The number of ketones is 1. The first-order valence-corrected chi connectivity index (χ1v) is 7.23. The Morgan fingerprint density at radius 2 is 2.14 bits per heavy atom. The summed E-state index contributed by atoms with van der Waals surface area (Å²) in [6, 6.07) is 6.47. The van der Waals surface area contributed by atoms with Crippen molar-refractivity contribution in [3.05, 3.63) is 36.0 Å². The Morgan fingerprint density at radius 3 is 2.82 bits per heavy atom. The zero-order valence-corrected chi connectivity index (χ0v) is 12.3. The number of hydrogen-bond donors (Lipinski definition) is 1. The van der Waals surface area contributed by atoms with Crippen molar-refractivity contribution in [3.8, 4) is 5.75 Å². The molecule has 3 rings (SSSR count). The van der Waals surface area contributed by atoms with Gasteiger partial charge in [-0.25, -0.2) is 4.79 Å². The van der Waals surface area contributed by atoms with E-state index in [-0.39, 0.29) is 23.4 Å². The lowest BCUT2D eigenvalue weighted by atomic mass is 10.0. The topological polar surface area (TPSA) is 76.5 Å². The predicted molar refractivity (Wildman–Crippen MR) is 81.2 cm³/mol. The van der Waals surface area contributed by atoms with Gasteiger partial charge in [0.15, 0.2) is 5.78 Å². The molecule has 0 aliphatic heterocycles. The average Bonchev–Trinajstić information content (AvgIpc) is 3.21. The van der Waals surface area contributed by atoms with Gasteiger partial charge in [0.2, 0.25) is 0 Å². The molecule has 1 aliphatic carbocycles. The second kappa shape index (κ2) is 5.40. The van der Waals surface area contributed by atoms with E-state index in [4.69, 9.17) is 9.84 Å². The molecule has 22 heavy (non-hydrogen) atoms. The Morgan fingerprint density at radius 1 is 1.36 bits per heavy atom. The van der Waals surface area contributed by atoms with Crippen molar-refractivity contribution in [2.45, 2.75) is 26.2 Å². The minimum absolute atomic E-state index is 0.0322. The third-order valence-corrected chi connectivity index (χ3v) is 4.03. The summed E-state index contributed by atoms with van der Waals surface area (Å²) in [5.41, 5.74) is 0.832. The molecule has 0 amide bonds. The Labute approximate surface area is 127 Å². The monoisotopic (exact) mass is 299 g/mol. The maximum atomic E-state index is 12.0. The van der Waals surface area contributed by atoms with Gasteiger partial charge >= 0.3 is 5.97 Å². The van der Waals surface area contributed by atoms with E-state index in [1.54, 1.807) is 24.4 Å². The van der Waals surface area contributed by atoms with E-state index in [1.165, 1.54) is 6.07 Å². The molecule has 1 heterocycles. The van der Waals surface area contributed by atoms with Gasteiger partial charge in [0, 0.05) is 18.0 Å². The molecule has 114 valence electrons. The fraction of sp³-hybridized carbons (Fsp3) is 0.353. The Hall–Kier alpha value is -2.43. The highest BCUT2D eigenvalue weighted by atomic mass is 16.5. The van der Waals surface area contributed by atoms with Crippen molar-refractivity contribution in [1.82, 2.24) is 4.98 Å². The largest absolute Gasteiger partial charge is 0.484 e. The van der Waals surface area contributed by atoms with Crippen LogP contribution in [0.15, 0.2) is 30.5 Å². The smallest absolute Gasteiger partial charge is 0.335 e. The van der Waals surface area contributed by atoms with E-state index in [0.29, 0.717) is 23.1 Å². The molecule has 1 aromatic heterocycles. The summed E-state index contributed by atoms with van der Waals surface area (Å²) in [6.07, 6.45) is 4.29. The number of carbonyl (C=O) groups excluding carboxylic acids is 1. The third-order valence-electron chi connectivity index (χ3n) is 4.03. The zero-order chi connectivity index (χ0) is 15.7. The standard InChI is InChI=1S/C17H17NO4/c1-17(4-5-17)9-13(19)10-22-14-8-12(16(20)21)7-11-3-2-6-18-15(11)14/h2-3,6-8H,4-5,9-10H2,1H3,(H,20,21). The van der Waals surface area contributed by atoms with Crippen molar-refractivity contribution in [2.75, 3.05) is 6.61 Å². The molecular formula is C17H17NO4. The molecule has 5 heteroatoms. The van der Waals surface area contributed by atoms with Crippen LogP contribution >= 0.6 is 0 Å². The molecule has 0 bridgehead atoms. The summed E-state index contributed by atoms with van der Waals surface area (Å²) in [4.78, 5) is 27.4. The minimum atomic E-state index is -1.03. The fourth-order valence-corrected chi connectivity index (χ4v) is 2.47. The van der Waals surface area contributed by atoms with Crippen LogP contribution in [0.5, 0.6) is 5.75 Å². The highest BCUT2D eigenvalue weighted by molar-refractivity contribution is 5.96. The number of pyridine rings is 1. The number of aromatic nitrogens is 1. The number of ether oxygens (including phenoxy) is 1. The summed E-state index contributed by atoms with van der Waals surface area (Å²) in [5, 5.41) is 9.84. The second-order valence-corrected chi connectivity index (χ2v) is 6.17. The number of hydrogen-bond acceptors (Lipinski definition) is 4.